The summed E-state index contributed by atoms with van der Waals surface area (Å²) in [4.78, 5) is 13.0. The Kier molecular flexibility index (Phi) is 8.36. The molecular weight excluding hydrogens is 416 g/mol. The average Bonchev–Trinajstić information content (AvgIpc) is 2.76. The number of carbonyl (C=O) groups excluding carboxylic acids is 1. The molecule has 1 N–H and O–H groups in total. The van der Waals surface area contributed by atoms with Gasteiger partial charge in [-0.3, -0.25) is 4.79 Å². The highest BCUT2D eigenvalue weighted by Crippen LogP contribution is 2.20. The lowest BCUT2D eigenvalue weighted by Crippen LogP contribution is -2.17. The molecule has 0 aliphatic heterocycles. The SMILES string of the molecule is Cc1ccc(COc2ccc(/C=N/NC(=O)CCSc3ccc(Cl)cc3)cc2)cc1. The molecule has 0 spiro atoms. The van der Waals surface area contributed by atoms with E-state index in [1.807, 2.05) is 48.5 Å². The number of aryl methyl sites for hydroxylation is 1. The molecule has 0 saturated carbocycles. The van der Waals surface area contributed by atoms with Crippen molar-refractivity contribution >= 4 is 35.5 Å². The first kappa shape index (κ1) is 21.9. The van der Waals surface area contributed by atoms with E-state index in [-0.39, 0.29) is 5.91 Å². The van der Waals surface area contributed by atoms with E-state index in [4.69, 9.17) is 16.3 Å². The molecule has 0 unspecified atom stereocenters. The number of ether oxygens (including phenoxy) is 1. The van der Waals surface area contributed by atoms with Gasteiger partial charge in [-0.15, -0.1) is 11.8 Å². The molecule has 6 heteroatoms. The zero-order valence-corrected chi connectivity index (χ0v) is 18.2. The number of thioether (sulfide) groups is 1. The van der Waals surface area contributed by atoms with E-state index in [0.29, 0.717) is 23.8 Å². The number of halogens is 1. The van der Waals surface area contributed by atoms with Gasteiger partial charge in [-0.1, -0.05) is 41.4 Å². The van der Waals surface area contributed by atoms with Crippen LogP contribution in [0.4, 0.5) is 0 Å². The second-order valence-electron chi connectivity index (χ2n) is 6.69. The van der Waals surface area contributed by atoms with Crippen LogP contribution in [0, 0.1) is 6.92 Å². The van der Waals surface area contributed by atoms with Gasteiger partial charge in [0.2, 0.25) is 5.91 Å². The first-order valence-corrected chi connectivity index (χ1v) is 10.9. The molecule has 3 aromatic carbocycles. The maximum Gasteiger partial charge on any atom is 0.240 e. The molecule has 3 rings (SSSR count). The second-order valence-corrected chi connectivity index (χ2v) is 8.29. The summed E-state index contributed by atoms with van der Waals surface area (Å²) in [5.41, 5.74) is 5.80. The van der Waals surface area contributed by atoms with Crippen molar-refractivity contribution in [2.75, 3.05) is 5.75 Å². The van der Waals surface area contributed by atoms with E-state index in [1.54, 1.807) is 18.0 Å². The summed E-state index contributed by atoms with van der Waals surface area (Å²) >= 11 is 7.47. The van der Waals surface area contributed by atoms with Crippen molar-refractivity contribution in [2.45, 2.75) is 24.8 Å². The number of hydrogen-bond donors (Lipinski definition) is 1. The first-order valence-electron chi connectivity index (χ1n) is 9.57. The topological polar surface area (TPSA) is 50.7 Å². The van der Waals surface area contributed by atoms with E-state index < -0.39 is 0 Å². The fourth-order valence-electron chi connectivity index (χ4n) is 2.53. The van der Waals surface area contributed by atoms with Gasteiger partial charge in [0.05, 0.1) is 6.21 Å². The zero-order valence-electron chi connectivity index (χ0n) is 16.7. The minimum Gasteiger partial charge on any atom is -0.489 e. The van der Waals surface area contributed by atoms with Gasteiger partial charge in [-0.05, 0) is 66.6 Å². The quantitative estimate of drug-likeness (QED) is 0.258. The summed E-state index contributed by atoms with van der Waals surface area (Å²) in [6.45, 7) is 2.59. The van der Waals surface area contributed by atoms with Crippen LogP contribution in [0.1, 0.15) is 23.1 Å². The van der Waals surface area contributed by atoms with Gasteiger partial charge >= 0.3 is 0 Å². The first-order chi connectivity index (χ1) is 14.6. The fraction of sp³-hybridized carbons (Fsp3) is 0.167. The molecule has 4 nitrogen and oxygen atoms in total. The maximum absolute atomic E-state index is 11.9. The maximum atomic E-state index is 11.9. The average molecular weight is 439 g/mol. The van der Waals surface area contributed by atoms with Crippen molar-refractivity contribution in [3.8, 4) is 5.75 Å². The van der Waals surface area contributed by atoms with Crippen molar-refractivity contribution in [1.29, 1.82) is 0 Å². The van der Waals surface area contributed by atoms with Crippen LogP contribution in [-0.2, 0) is 11.4 Å². The smallest absolute Gasteiger partial charge is 0.240 e. The highest BCUT2D eigenvalue weighted by molar-refractivity contribution is 7.99. The minimum atomic E-state index is -0.120. The van der Waals surface area contributed by atoms with E-state index in [9.17, 15) is 4.79 Å². The van der Waals surface area contributed by atoms with Gasteiger partial charge < -0.3 is 4.74 Å². The van der Waals surface area contributed by atoms with Gasteiger partial charge in [0.25, 0.3) is 0 Å². The van der Waals surface area contributed by atoms with Crippen molar-refractivity contribution in [3.05, 3.63) is 94.5 Å². The minimum absolute atomic E-state index is 0.120. The number of amides is 1. The van der Waals surface area contributed by atoms with E-state index in [0.717, 1.165) is 21.8 Å². The summed E-state index contributed by atoms with van der Waals surface area (Å²) in [6, 6.07) is 23.4. The number of hydrazone groups is 1. The molecule has 154 valence electrons. The predicted molar refractivity (Wildman–Crippen MR) is 124 cm³/mol. The molecule has 30 heavy (non-hydrogen) atoms. The highest BCUT2D eigenvalue weighted by atomic mass is 35.5. The van der Waals surface area contributed by atoms with Crippen LogP contribution in [0.15, 0.2) is 82.8 Å². The number of nitrogens with one attached hydrogen (secondary N) is 1. The third-order valence-corrected chi connectivity index (χ3v) is 5.49. The Bertz CT molecular complexity index is 972. The van der Waals surface area contributed by atoms with Crippen LogP contribution >= 0.6 is 23.4 Å². The molecule has 0 aromatic heterocycles. The monoisotopic (exact) mass is 438 g/mol. The number of carbonyl (C=O) groups is 1. The van der Waals surface area contributed by atoms with Crippen LogP contribution in [-0.4, -0.2) is 17.9 Å². The van der Waals surface area contributed by atoms with Crippen molar-refractivity contribution in [3.63, 3.8) is 0 Å². The van der Waals surface area contributed by atoms with Crippen LogP contribution in [0.25, 0.3) is 0 Å². The Morgan fingerprint density at radius 3 is 2.43 bits per heavy atom. The molecule has 3 aromatic rings. The number of nitrogens with zero attached hydrogens (tertiary/aromatic N) is 1. The van der Waals surface area contributed by atoms with Gasteiger partial charge in [-0.25, -0.2) is 5.43 Å². The number of benzene rings is 3. The lowest BCUT2D eigenvalue weighted by atomic mass is 10.2. The fourth-order valence-corrected chi connectivity index (χ4v) is 3.51. The second kappa shape index (κ2) is 11.4. The summed E-state index contributed by atoms with van der Waals surface area (Å²) < 4.78 is 5.79. The lowest BCUT2D eigenvalue weighted by Gasteiger charge is -2.07. The van der Waals surface area contributed by atoms with Crippen LogP contribution in [0.3, 0.4) is 0 Å². The zero-order chi connectivity index (χ0) is 21.2. The third-order valence-electron chi connectivity index (χ3n) is 4.22. The van der Waals surface area contributed by atoms with E-state index in [1.165, 1.54) is 5.56 Å². The molecule has 0 aliphatic carbocycles. The summed E-state index contributed by atoms with van der Waals surface area (Å²) in [5, 5.41) is 4.72. The molecule has 1 amide bonds. The van der Waals surface area contributed by atoms with Gasteiger partial charge in [0.15, 0.2) is 0 Å². The van der Waals surface area contributed by atoms with Gasteiger partial charge in [0.1, 0.15) is 12.4 Å². The Balaban J connectivity index is 1.37. The third kappa shape index (κ3) is 7.58. The standard InChI is InChI=1S/C24H23ClN2O2S/c1-18-2-4-20(5-3-18)17-29-22-10-6-19(7-11-22)16-26-27-24(28)14-15-30-23-12-8-21(25)9-13-23/h2-13,16H,14-15,17H2,1H3,(H,27,28)/b26-16+. The molecule has 0 radical (unpaired) electrons. The summed E-state index contributed by atoms with van der Waals surface area (Å²) in [5.74, 6) is 1.34. The normalized spacial score (nSPS) is 10.9. The van der Waals surface area contributed by atoms with Crippen molar-refractivity contribution in [1.82, 2.24) is 5.43 Å². The Hall–Kier alpha value is -2.76. The predicted octanol–water partition coefficient (Wildman–Crippen LogP) is 5.86. The van der Waals surface area contributed by atoms with Crippen LogP contribution in [0.5, 0.6) is 5.75 Å². The van der Waals surface area contributed by atoms with Crippen molar-refractivity contribution < 1.29 is 9.53 Å². The molecule has 0 atom stereocenters. The Morgan fingerprint density at radius 2 is 1.73 bits per heavy atom. The molecule has 0 heterocycles. The molecule has 0 saturated heterocycles. The van der Waals surface area contributed by atoms with E-state index in [2.05, 4.69) is 41.7 Å². The molecule has 0 aliphatic rings. The highest BCUT2D eigenvalue weighted by Gasteiger charge is 2.01. The number of rotatable bonds is 9. The van der Waals surface area contributed by atoms with Crippen molar-refractivity contribution in [2.24, 2.45) is 5.10 Å². The van der Waals surface area contributed by atoms with Crippen LogP contribution in [0.2, 0.25) is 5.02 Å². The van der Waals surface area contributed by atoms with Gasteiger partial charge in [-0.2, -0.15) is 5.10 Å². The number of hydrogen-bond acceptors (Lipinski definition) is 4. The Labute approximate surface area is 186 Å². The lowest BCUT2D eigenvalue weighted by molar-refractivity contribution is -0.120. The summed E-state index contributed by atoms with van der Waals surface area (Å²) in [6.07, 6.45) is 2.00. The molecule has 0 bridgehead atoms. The molecular formula is C24H23ClN2O2S. The molecule has 0 fully saturated rings. The largest absolute Gasteiger partial charge is 0.489 e. The summed E-state index contributed by atoms with van der Waals surface area (Å²) in [7, 11) is 0. The van der Waals surface area contributed by atoms with Crippen LogP contribution < -0.4 is 10.2 Å². The Morgan fingerprint density at radius 1 is 1.03 bits per heavy atom. The van der Waals surface area contributed by atoms with E-state index >= 15 is 0 Å². The van der Waals surface area contributed by atoms with Gasteiger partial charge in [0, 0.05) is 22.1 Å².